The van der Waals surface area contributed by atoms with Crippen molar-refractivity contribution < 1.29 is 22.9 Å². The lowest BCUT2D eigenvalue weighted by Gasteiger charge is -2.34. The van der Waals surface area contributed by atoms with Gasteiger partial charge in [0, 0.05) is 43.8 Å². The molecule has 0 atom stereocenters. The van der Waals surface area contributed by atoms with Crippen LogP contribution in [0.5, 0.6) is 0 Å². The van der Waals surface area contributed by atoms with Crippen LogP contribution in [0.4, 0.5) is 18.9 Å². The predicted molar refractivity (Wildman–Crippen MR) is 101 cm³/mol. The fraction of sp³-hybridized carbons (Fsp3) is 0.316. The van der Waals surface area contributed by atoms with Crippen molar-refractivity contribution in [3.8, 4) is 0 Å². The molecule has 29 heavy (non-hydrogen) atoms. The summed E-state index contributed by atoms with van der Waals surface area (Å²) in [5.41, 5.74) is -0.308. The second-order valence-electron chi connectivity index (χ2n) is 6.68. The van der Waals surface area contributed by atoms with Crippen molar-refractivity contribution >= 4 is 23.2 Å². The van der Waals surface area contributed by atoms with E-state index in [1.807, 2.05) is 4.90 Å². The van der Waals surface area contributed by atoms with Crippen LogP contribution in [0, 0.1) is 10.1 Å². The molecule has 0 spiro atoms. The Kier molecular flexibility index (Phi) is 6.09. The number of amides is 1. The highest BCUT2D eigenvalue weighted by Crippen LogP contribution is 2.29. The Bertz CT molecular complexity index is 911. The maximum absolute atomic E-state index is 12.7. The molecule has 154 valence electrons. The van der Waals surface area contributed by atoms with Crippen LogP contribution in [0.2, 0.25) is 5.02 Å². The molecule has 0 radical (unpaired) electrons. The van der Waals surface area contributed by atoms with Gasteiger partial charge in [-0.15, -0.1) is 0 Å². The Balaban J connectivity index is 1.61. The van der Waals surface area contributed by atoms with E-state index in [1.54, 1.807) is 0 Å². The molecule has 0 saturated carbocycles. The van der Waals surface area contributed by atoms with Crippen molar-refractivity contribution in [3.63, 3.8) is 0 Å². The Labute approximate surface area is 169 Å². The first kappa shape index (κ1) is 21.1. The molecule has 1 aliphatic rings. The third-order valence-corrected chi connectivity index (χ3v) is 4.97. The van der Waals surface area contributed by atoms with Crippen LogP contribution < -0.4 is 0 Å². The molecule has 1 fully saturated rings. The standard InChI is InChI=1S/C19H17ClF3N3O3/c20-15-5-6-16(17(11-15)26(28)29)18(27)25-9-7-24(8-10-25)12-13-1-3-14(4-2-13)19(21,22)23/h1-6,11H,7-10,12H2. The van der Waals surface area contributed by atoms with Crippen molar-refractivity contribution in [3.05, 3.63) is 74.3 Å². The molecular formula is C19H17ClF3N3O3. The number of rotatable bonds is 4. The van der Waals surface area contributed by atoms with Gasteiger partial charge in [-0.05, 0) is 29.8 Å². The van der Waals surface area contributed by atoms with Crippen LogP contribution in [0.15, 0.2) is 42.5 Å². The van der Waals surface area contributed by atoms with Gasteiger partial charge in [0.25, 0.3) is 11.6 Å². The molecule has 1 saturated heterocycles. The van der Waals surface area contributed by atoms with Crippen LogP contribution in [0.3, 0.4) is 0 Å². The van der Waals surface area contributed by atoms with Gasteiger partial charge in [-0.2, -0.15) is 13.2 Å². The minimum absolute atomic E-state index is 0.0180. The third kappa shape index (κ3) is 5.04. The van der Waals surface area contributed by atoms with Crippen molar-refractivity contribution in [1.82, 2.24) is 9.80 Å². The second kappa shape index (κ2) is 8.38. The highest BCUT2D eigenvalue weighted by atomic mass is 35.5. The molecule has 1 aliphatic heterocycles. The summed E-state index contributed by atoms with van der Waals surface area (Å²) in [6.45, 7) is 2.20. The molecule has 0 bridgehead atoms. The largest absolute Gasteiger partial charge is 0.416 e. The molecule has 1 heterocycles. The van der Waals surface area contributed by atoms with Gasteiger partial charge in [0.05, 0.1) is 10.5 Å². The first-order valence-electron chi connectivity index (χ1n) is 8.77. The van der Waals surface area contributed by atoms with Gasteiger partial charge in [-0.3, -0.25) is 19.8 Å². The van der Waals surface area contributed by atoms with E-state index in [4.69, 9.17) is 11.6 Å². The molecule has 0 unspecified atom stereocenters. The van der Waals surface area contributed by atoms with Crippen molar-refractivity contribution in [2.24, 2.45) is 0 Å². The zero-order chi connectivity index (χ0) is 21.2. The lowest BCUT2D eigenvalue weighted by molar-refractivity contribution is -0.385. The van der Waals surface area contributed by atoms with E-state index in [0.29, 0.717) is 32.7 Å². The summed E-state index contributed by atoms with van der Waals surface area (Å²) < 4.78 is 37.9. The number of piperazine rings is 1. The molecular weight excluding hydrogens is 411 g/mol. The number of carbonyl (C=O) groups is 1. The maximum atomic E-state index is 12.7. The lowest BCUT2D eigenvalue weighted by atomic mass is 10.1. The van der Waals surface area contributed by atoms with Gasteiger partial charge < -0.3 is 4.90 Å². The Hall–Kier alpha value is -2.65. The Morgan fingerprint density at radius 2 is 1.69 bits per heavy atom. The summed E-state index contributed by atoms with van der Waals surface area (Å²) in [6, 6.07) is 8.91. The van der Waals surface area contributed by atoms with Gasteiger partial charge in [0.2, 0.25) is 0 Å². The van der Waals surface area contributed by atoms with Crippen LogP contribution in [-0.2, 0) is 12.7 Å². The average Bonchev–Trinajstić information content (AvgIpc) is 2.67. The molecule has 0 aromatic heterocycles. The highest BCUT2D eigenvalue weighted by molar-refractivity contribution is 6.31. The van der Waals surface area contributed by atoms with E-state index < -0.39 is 22.6 Å². The van der Waals surface area contributed by atoms with Crippen molar-refractivity contribution in [2.45, 2.75) is 12.7 Å². The Morgan fingerprint density at radius 3 is 2.24 bits per heavy atom. The zero-order valence-corrected chi connectivity index (χ0v) is 15.9. The van der Waals surface area contributed by atoms with E-state index in [-0.39, 0.29) is 16.3 Å². The Morgan fingerprint density at radius 1 is 1.07 bits per heavy atom. The van der Waals surface area contributed by atoms with Gasteiger partial charge in [0.15, 0.2) is 0 Å². The molecule has 0 aliphatic carbocycles. The van der Waals surface area contributed by atoms with E-state index in [0.717, 1.165) is 23.8 Å². The minimum Gasteiger partial charge on any atom is -0.336 e. The van der Waals surface area contributed by atoms with E-state index in [9.17, 15) is 28.1 Å². The number of carbonyl (C=O) groups excluding carboxylic acids is 1. The number of alkyl halides is 3. The first-order chi connectivity index (χ1) is 13.6. The summed E-state index contributed by atoms with van der Waals surface area (Å²) in [7, 11) is 0. The number of hydrogen-bond donors (Lipinski definition) is 0. The van der Waals surface area contributed by atoms with E-state index >= 15 is 0 Å². The van der Waals surface area contributed by atoms with Crippen LogP contribution in [-0.4, -0.2) is 46.8 Å². The number of hydrogen-bond acceptors (Lipinski definition) is 4. The van der Waals surface area contributed by atoms with Crippen LogP contribution in [0.1, 0.15) is 21.5 Å². The summed E-state index contributed by atoms with van der Waals surface area (Å²) in [5, 5.41) is 11.4. The SMILES string of the molecule is O=C(c1ccc(Cl)cc1[N+](=O)[O-])N1CCN(Cc2ccc(C(F)(F)F)cc2)CC1. The third-order valence-electron chi connectivity index (χ3n) is 4.73. The van der Waals surface area contributed by atoms with Crippen LogP contribution >= 0.6 is 11.6 Å². The molecule has 6 nitrogen and oxygen atoms in total. The first-order valence-corrected chi connectivity index (χ1v) is 9.14. The highest BCUT2D eigenvalue weighted by Gasteiger charge is 2.30. The van der Waals surface area contributed by atoms with Gasteiger partial charge in [-0.25, -0.2) is 0 Å². The summed E-state index contributed by atoms with van der Waals surface area (Å²) >= 11 is 5.78. The topological polar surface area (TPSA) is 66.7 Å². The van der Waals surface area contributed by atoms with Crippen molar-refractivity contribution in [1.29, 1.82) is 0 Å². The molecule has 10 heteroatoms. The monoisotopic (exact) mass is 427 g/mol. The maximum Gasteiger partial charge on any atom is 0.416 e. The normalized spacial score (nSPS) is 15.4. The van der Waals surface area contributed by atoms with E-state index in [2.05, 4.69) is 0 Å². The number of halogens is 4. The summed E-state index contributed by atoms with van der Waals surface area (Å²) in [5.74, 6) is -0.442. The number of nitrogens with zero attached hydrogens (tertiary/aromatic N) is 3. The zero-order valence-electron chi connectivity index (χ0n) is 15.2. The smallest absolute Gasteiger partial charge is 0.336 e. The fourth-order valence-electron chi connectivity index (χ4n) is 3.17. The minimum atomic E-state index is -4.37. The quantitative estimate of drug-likeness (QED) is 0.541. The van der Waals surface area contributed by atoms with Gasteiger partial charge in [-0.1, -0.05) is 23.7 Å². The molecule has 0 N–H and O–H groups in total. The molecule has 2 aromatic rings. The second-order valence-corrected chi connectivity index (χ2v) is 7.12. The van der Waals surface area contributed by atoms with Gasteiger partial charge >= 0.3 is 6.18 Å². The fourth-order valence-corrected chi connectivity index (χ4v) is 3.34. The van der Waals surface area contributed by atoms with E-state index in [1.165, 1.54) is 29.2 Å². The molecule has 3 rings (SSSR count). The molecule has 1 amide bonds. The number of nitro groups is 1. The summed E-state index contributed by atoms with van der Waals surface area (Å²) in [4.78, 5) is 26.8. The summed E-state index contributed by atoms with van der Waals surface area (Å²) in [6.07, 6.45) is -4.37. The predicted octanol–water partition coefficient (Wildman–Crippen LogP) is 4.23. The van der Waals surface area contributed by atoms with Gasteiger partial charge in [0.1, 0.15) is 5.56 Å². The number of benzene rings is 2. The lowest BCUT2D eigenvalue weighted by Crippen LogP contribution is -2.48. The number of nitro benzene ring substituents is 1. The van der Waals surface area contributed by atoms with Crippen molar-refractivity contribution in [2.75, 3.05) is 26.2 Å². The van der Waals surface area contributed by atoms with Crippen LogP contribution in [0.25, 0.3) is 0 Å². The molecule has 2 aromatic carbocycles. The average molecular weight is 428 g/mol.